The van der Waals surface area contributed by atoms with Crippen molar-refractivity contribution < 1.29 is 26.3 Å². The van der Waals surface area contributed by atoms with Gasteiger partial charge in [0.05, 0.1) is 43.0 Å². The number of nitrogens with one attached hydrogen (secondary N) is 1. The van der Waals surface area contributed by atoms with E-state index in [1.807, 2.05) is 6.92 Å². The topological polar surface area (TPSA) is 153 Å². The number of pyridine rings is 1. The van der Waals surface area contributed by atoms with Crippen molar-refractivity contribution in [3.63, 3.8) is 0 Å². The van der Waals surface area contributed by atoms with Crippen LogP contribution in [-0.4, -0.2) is 42.5 Å². The summed E-state index contributed by atoms with van der Waals surface area (Å²) in [6, 6.07) is 32.0. The van der Waals surface area contributed by atoms with E-state index in [2.05, 4.69) is 14.8 Å². The third-order valence-corrected chi connectivity index (χ3v) is 11.9. The first-order chi connectivity index (χ1) is 25.9. The van der Waals surface area contributed by atoms with Crippen LogP contribution in [0.2, 0.25) is 0 Å². The summed E-state index contributed by atoms with van der Waals surface area (Å²) in [5, 5.41) is 16.8. The lowest BCUT2D eigenvalue weighted by Gasteiger charge is -2.15. The van der Waals surface area contributed by atoms with E-state index < -0.39 is 37.1 Å². The third-order valence-electron chi connectivity index (χ3n) is 8.78. The summed E-state index contributed by atoms with van der Waals surface area (Å²) in [5.41, 5.74) is 1.49. The molecule has 0 saturated carbocycles. The highest BCUT2D eigenvalue weighted by atomic mass is 32.2. The molecule has 272 valence electrons. The average Bonchev–Trinajstić information content (AvgIpc) is 3.55. The number of sulfonamides is 1. The Morgan fingerprint density at radius 3 is 2.11 bits per heavy atom. The number of para-hydroxylation sites is 1. The van der Waals surface area contributed by atoms with Crippen molar-refractivity contribution in [1.82, 2.24) is 14.3 Å². The van der Waals surface area contributed by atoms with Gasteiger partial charge < -0.3 is 5.11 Å². The van der Waals surface area contributed by atoms with E-state index in [1.165, 1.54) is 65.5 Å². The van der Waals surface area contributed by atoms with Crippen molar-refractivity contribution in [1.29, 1.82) is 0 Å². The summed E-state index contributed by atoms with van der Waals surface area (Å²) in [5.74, 6) is -0.935. The predicted molar refractivity (Wildman–Crippen MR) is 205 cm³/mol. The number of sulfone groups is 1. The summed E-state index contributed by atoms with van der Waals surface area (Å²) in [7, 11) is -8.07. The maximum Gasteiger partial charge on any atom is 0.265 e. The molecule has 0 unspecified atom stereocenters. The Kier molecular flexibility index (Phi) is 9.48. The normalized spacial score (nSPS) is 12.1. The lowest BCUT2D eigenvalue weighted by atomic mass is 10.1. The molecular formula is C40H32FN5O6S2. The molecule has 0 radical (unpaired) electrons. The Hall–Kier alpha value is -6.38. The minimum Gasteiger partial charge on any atom is -0.494 e. The fourth-order valence-electron chi connectivity index (χ4n) is 5.97. The highest BCUT2D eigenvalue weighted by Crippen LogP contribution is 2.30. The van der Waals surface area contributed by atoms with Crippen LogP contribution >= 0.6 is 0 Å². The molecule has 5 aromatic carbocycles. The van der Waals surface area contributed by atoms with Crippen LogP contribution in [0.3, 0.4) is 0 Å². The van der Waals surface area contributed by atoms with Crippen LogP contribution in [0.1, 0.15) is 23.7 Å². The maximum atomic E-state index is 14.3. The van der Waals surface area contributed by atoms with Crippen LogP contribution in [-0.2, 0) is 26.3 Å². The zero-order valence-corrected chi connectivity index (χ0v) is 30.5. The number of hydrogen-bond donors (Lipinski definition) is 2. The highest BCUT2D eigenvalue weighted by Gasteiger charge is 2.22. The first-order valence-electron chi connectivity index (χ1n) is 16.7. The molecule has 2 aromatic heterocycles. The van der Waals surface area contributed by atoms with Gasteiger partial charge in [0.1, 0.15) is 5.82 Å². The largest absolute Gasteiger partial charge is 0.494 e. The number of rotatable bonds is 10. The quantitative estimate of drug-likeness (QED) is 0.139. The van der Waals surface area contributed by atoms with E-state index in [9.17, 15) is 31.1 Å². The van der Waals surface area contributed by atoms with Gasteiger partial charge in [-0.05, 0) is 91.7 Å². The first-order valence-corrected chi connectivity index (χ1v) is 19.6. The minimum atomic E-state index is -4.30. The van der Waals surface area contributed by atoms with Gasteiger partial charge in [-0.25, -0.2) is 35.5 Å². The van der Waals surface area contributed by atoms with E-state index in [0.29, 0.717) is 22.6 Å². The van der Waals surface area contributed by atoms with Crippen molar-refractivity contribution >= 4 is 48.4 Å². The van der Waals surface area contributed by atoms with E-state index >= 15 is 0 Å². The lowest BCUT2D eigenvalue weighted by molar-refractivity contribution is 0.436. The van der Waals surface area contributed by atoms with Gasteiger partial charge in [-0.2, -0.15) is 5.10 Å². The van der Waals surface area contributed by atoms with Gasteiger partial charge in [-0.15, -0.1) is 0 Å². The molecule has 7 aromatic rings. The molecule has 0 saturated heterocycles. The van der Waals surface area contributed by atoms with Gasteiger partial charge in [0, 0.05) is 23.1 Å². The molecule has 54 heavy (non-hydrogen) atoms. The summed E-state index contributed by atoms with van der Waals surface area (Å²) in [6.45, 7) is 3.76. The number of aromatic nitrogens is 3. The van der Waals surface area contributed by atoms with E-state index in [0.717, 1.165) is 22.6 Å². The monoisotopic (exact) mass is 761 g/mol. The standard InChI is InChI=1S/C40H32FN5O6S2/c1-3-27-15-19-30(20-16-27)53(49,50)31-21-17-28(18-22-31)46-38(23-26(2)43-46)42-25-35-33-11-4-5-12-34(33)39(47)45(40(35)48)29-9-8-10-32(24-29)54(51,52)44-37-14-7-6-13-36(37)41/h4-25,44,48H,3H2,1-2H3/b42-25+. The molecule has 0 atom stereocenters. The smallest absolute Gasteiger partial charge is 0.265 e. The Morgan fingerprint density at radius 2 is 1.43 bits per heavy atom. The Balaban J connectivity index is 1.26. The Labute approximate surface area is 310 Å². The number of nitrogens with zero attached hydrogens (tertiary/aromatic N) is 4. The number of halogens is 1. The molecule has 0 aliphatic carbocycles. The molecule has 0 fully saturated rings. The molecule has 0 spiro atoms. The first kappa shape index (κ1) is 36.0. The van der Waals surface area contributed by atoms with Crippen molar-refractivity contribution in [2.24, 2.45) is 4.99 Å². The second kappa shape index (κ2) is 14.2. The molecule has 2 N–H and O–H groups in total. The zero-order valence-electron chi connectivity index (χ0n) is 28.9. The van der Waals surface area contributed by atoms with Crippen molar-refractivity contribution in [3.05, 3.63) is 160 Å². The van der Waals surface area contributed by atoms with E-state index in [1.54, 1.807) is 73.7 Å². The highest BCUT2D eigenvalue weighted by molar-refractivity contribution is 7.92. The molecular weight excluding hydrogens is 730 g/mol. The average molecular weight is 762 g/mol. The molecule has 7 rings (SSSR count). The lowest BCUT2D eigenvalue weighted by Crippen LogP contribution is -2.21. The molecule has 2 heterocycles. The second-order valence-corrected chi connectivity index (χ2v) is 15.9. The zero-order chi connectivity index (χ0) is 38.2. The van der Waals surface area contributed by atoms with Crippen LogP contribution in [0.15, 0.2) is 152 Å². The molecule has 0 amide bonds. The second-order valence-electron chi connectivity index (χ2n) is 12.3. The molecule has 0 aliphatic rings. The van der Waals surface area contributed by atoms with Gasteiger partial charge in [-0.3, -0.25) is 9.52 Å². The van der Waals surface area contributed by atoms with E-state index in [4.69, 9.17) is 0 Å². The Bertz CT molecular complexity index is 2870. The minimum absolute atomic E-state index is 0.0338. The molecule has 11 nitrogen and oxygen atoms in total. The fourth-order valence-corrected chi connectivity index (χ4v) is 8.34. The van der Waals surface area contributed by atoms with Gasteiger partial charge in [0.15, 0.2) is 5.82 Å². The molecule has 0 aliphatic heterocycles. The Morgan fingerprint density at radius 1 is 0.778 bits per heavy atom. The van der Waals surface area contributed by atoms with Crippen LogP contribution in [0.5, 0.6) is 5.88 Å². The van der Waals surface area contributed by atoms with Crippen molar-refractivity contribution in [2.45, 2.75) is 35.0 Å². The number of benzene rings is 5. The van der Waals surface area contributed by atoms with E-state index in [-0.39, 0.29) is 37.0 Å². The number of fused-ring (bicyclic) bond motifs is 1. The fraction of sp³-hybridized carbons (Fsp3) is 0.0750. The molecule has 0 bridgehead atoms. The number of aliphatic imine (C=N–C) groups is 1. The summed E-state index contributed by atoms with van der Waals surface area (Å²) < 4.78 is 72.2. The molecule has 14 heteroatoms. The van der Waals surface area contributed by atoms with Crippen LogP contribution < -0.4 is 10.3 Å². The number of anilines is 1. The predicted octanol–water partition coefficient (Wildman–Crippen LogP) is 7.28. The van der Waals surface area contributed by atoms with Crippen molar-refractivity contribution in [3.8, 4) is 17.3 Å². The number of aromatic hydroxyl groups is 1. The number of aryl methyl sites for hydroxylation is 2. The van der Waals surface area contributed by atoms with Crippen LogP contribution in [0, 0.1) is 12.7 Å². The van der Waals surface area contributed by atoms with Gasteiger partial charge >= 0.3 is 0 Å². The maximum absolute atomic E-state index is 14.3. The van der Waals surface area contributed by atoms with Crippen molar-refractivity contribution in [2.75, 3.05) is 4.72 Å². The SMILES string of the molecule is CCc1ccc(S(=O)(=O)c2ccc(-n3nc(C)cc3/N=C/c3c(O)n(-c4cccc(S(=O)(=O)Nc5ccccc5F)c4)c(=O)c4ccccc34)cc2)cc1. The van der Waals surface area contributed by atoms with Gasteiger partial charge in [0.2, 0.25) is 15.7 Å². The van der Waals surface area contributed by atoms with Crippen LogP contribution in [0.4, 0.5) is 15.9 Å². The third kappa shape index (κ3) is 6.79. The summed E-state index contributed by atoms with van der Waals surface area (Å²) in [6.07, 6.45) is 2.17. The van der Waals surface area contributed by atoms with Gasteiger partial charge in [-0.1, -0.05) is 55.5 Å². The summed E-state index contributed by atoms with van der Waals surface area (Å²) in [4.78, 5) is 18.5. The number of hydrogen-bond acceptors (Lipinski definition) is 8. The van der Waals surface area contributed by atoms with Crippen LogP contribution in [0.25, 0.3) is 22.1 Å². The summed E-state index contributed by atoms with van der Waals surface area (Å²) >= 11 is 0. The van der Waals surface area contributed by atoms with Gasteiger partial charge in [0.25, 0.3) is 15.6 Å².